The molecular formula is C18H17F2N3O3. The van der Waals surface area contributed by atoms with Gasteiger partial charge in [-0.1, -0.05) is 24.3 Å². The molecule has 0 atom stereocenters. The summed E-state index contributed by atoms with van der Waals surface area (Å²) in [6.45, 7) is 2.07. The van der Waals surface area contributed by atoms with Gasteiger partial charge in [0.15, 0.2) is 11.6 Å². The lowest BCUT2D eigenvalue weighted by molar-refractivity contribution is -0.385. The maximum atomic E-state index is 13.8. The first-order chi connectivity index (χ1) is 12.5. The molecule has 26 heavy (non-hydrogen) atoms. The molecule has 2 aromatic rings. The molecule has 0 saturated carbocycles. The molecule has 0 aliphatic carbocycles. The monoisotopic (exact) mass is 361 g/mol. The highest BCUT2D eigenvalue weighted by Crippen LogP contribution is 2.21. The Kier molecular flexibility index (Phi) is 5.22. The van der Waals surface area contributed by atoms with E-state index in [2.05, 4.69) is 0 Å². The summed E-state index contributed by atoms with van der Waals surface area (Å²) in [4.78, 5) is 26.5. The predicted molar refractivity (Wildman–Crippen MR) is 90.6 cm³/mol. The van der Waals surface area contributed by atoms with Crippen LogP contribution < -0.4 is 0 Å². The third kappa shape index (κ3) is 3.70. The largest absolute Gasteiger partial charge is 0.336 e. The maximum absolute atomic E-state index is 13.8. The molecule has 1 fully saturated rings. The minimum absolute atomic E-state index is 0.0628. The fraction of sp³-hybridized carbons (Fsp3) is 0.278. The summed E-state index contributed by atoms with van der Waals surface area (Å²) in [5, 5.41) is 11.1. The predicted octanol–water partition coefficient (Wildman–Crippen LogP) is 2.83. The normalized spacial score (nSPS) is 15.1. The molecule has 6 nitrogen and oxygen atoms in total. The van der Waals surface area contributed by atoms with Crippen LogP contribution in [-0.4, -0.2) is 46.8 Å². The number of piperazine rings is 1. The second-order valence-electron chi connectivity index (χ2n) is 6.06. The van der Waals surface area contributed by atoms with Crippen molar-refractivity contribution in [3.8, 4) is 0 Å². The van der Waals surface area contributed by atoms with E-state index in [0.717, 1.165) is 6.07 Å². The fourth-order valence-corrected chi connectivity index (χ4v) is 3.01. The first-order valence-corrected chi connectivity index (χ1v) is 8.15. The number of hydrogen-bond donors (Lipinski definition) is 0. The van der Waals surface area contributed by atoms with Gasteiger partial charge >= 0.3 is 0 Å². The van der Waals surface area contributed by atoms with E-state index in [0.29, 0.717) is 38.3 Å². The smallest absolute Gasteiger partial charge is 0.273 e. The summed E-state index contributed by atoms with van der Waals surface area (Å²) >= 11 is 0. The summed E-state index contributed by atoms with van der Waals surface area (Å²) in [5.41, 5.74) is 0.387. The van der Waals surface area contributed by atoms with Crippen molar-refractivity contribution in [2.24, 2.45) is 0 Å². The van der Waals surface area contributed by atoms with Crippen molar-refractivity contribution in [3.05, 3.63) is 75.3 Å². The van der Waals surface area contributed by atoms with E-state index in [4.69, 9.17) is 0 Å². The van der Waals surface area contributed by atoms with E-state index >= 15 is 0 Å². The highest BCUT2D eigenvalue weighted by Gasteiger charge is 2.26. The van der Waals surface area contributed by atoms with Crippen LogP contribution in [-0.2, 0) is 6.54 Å². The van der Waals surface area contributed by atoms with Crippen LogP contribution in [0.2, 0.25) is 0 Å². The van der Waals surface area contributed by atoms with Crippen LogP contribution in [0.3, 0.4) is 0 Å². The number of para-hydroxylation sites is 1. The quantitative estimate of drug-likeness (QED) is 0.620. The van der Waals surface area contributed by atoms with Gasteiger partial charge in [-0.25, -0.2) is 8.78 Å². The van der Waals surface area contributed by atoms with E-state index in [1.54, 1.807) is 18.2 Å². The molecule has 0 radical (unpaired) electrons. The van der Waals surface area contributed by atoms with Crippen molar-refractivity contribution in [2.45, 2.75) is 6.54 Å². The van der Waals surface area contributed by atoms with Crippen molar-refractivity contribution in [3.63, 3.8) is 0 Å². The summed E-state index contributed by atoms with van der Waals surface area (Å²) in [6, 6.07) is 10.1. The molecule has 2 aromatic carbocycles. The van der Waals surface area contributed by atoms with Crippen molar-refractivity contribution >= 4 is 11.6 Å². The minimum atomic E-state index is -1.14. The molecule has 1 heterocycles. The molecular weight excluding hydrogens is 344 g/mol. The summed E-state index contributed by atoms with van der Waals surface area (Å²) < 4.78 is 27.1. The lowest BCUT2D eigenvalue weighted by Crippen LogP contribution is -2.48. The highest BCUT2D eigenvalue weighted by molar-refractivity contribution is 5.94. The number of nitrogens with zero attached hydrogens (tertiary/aromatic N) is 3. The Hall–Kier alpha value is -2.87. The van der Waals surface area contributed by atoms with Gasteiger partial charge in [0, 0.05) is 44.4 Å². The minimum Gasteiger partial charge on any atom is -0.336 e. The Morgan fingerprint density at radius 2 is 1.73 bits per heavy atom. The second kappa shape index (κ2) is 7.57. The molecule has 1 aliphatic rings. The van der Waals surface area contributed by atoms with Crippen LogP contribution in [0.1, 0.15) is 15.9 Å². The Labute approximate surface area is 148 Å². The first-order valence-electron chi connectivity index (χ1n) is 8.15. The van der Waals surface area contributed by atoms with Crippen molar-refractivity contribution in [2.75, 3.05) is 26.2 Å². The summed E-state index contributed by atoms with van der Waals surface area (Å²) in [5.74, 6) is -2.74. The lowest BCUT2D eigenvalue weighted by atomic mass is 10.1. The van der Waals surface area contributed by atoms with Crippen LogP contribution in [0.4, 0.5) is 14.5 Å². The van der Waals surface area contributed by atoms with Crippen molar-refractivity contribution in [1.29, 1.82) is 0 Å². The van der Waals surface area contributed by atoms with Crippen molar-refractivity contribution in [1.82, 2.24) is 9.80 Å². The molecule has 0 N–H and O–H groups in total. The molecule has 0 spiro atoms. The molecule has 3 rings (SSSR count). The van der Waals surface area contributed by atoms with Gasteiger partial charge in [0.05, 0.1) is 10.5 Å². The molecule has 1 saturated heterocycles. The van der Waals surface area contributed by atoms with Gasteiger partial charge in [-0.15, -0.1) is 0 Å². The number of hydrogen-bond acceptors (Lipinski definition) is 4. The van der Waals surface area contributed by atoms with Gasteiger partial charge in [-0.2, -0.15) is 0 Å². The number of nitro groups is 1. The van der Waals surface area contributed by atoms with Gasteiger partial charge in [0.2, 0.25) is 0 Å². The van der Waals surface area contributed by atoms with E-state index < -0.39 is 22.5 Å². The second-order valence-corrected chi connectivity index (χ2v) is 6.06. The number of carbonyl (C=O) groups excluding carboxylic acids is 1. The van der Waals surface area contributed by atoms with E-state index in [9.17, 15) is 23.7 Å². The lowest BCUT2D eigenvalue weighted by Gasteiger charge is -2.34. The topological polar surface area (TPSA) is 66.7 Å². The molecule has 0 bridgehead atoms. The van der Waals surface area contributed by atoms with E-state index in [1.807, 2.05) is 4.90 Å². The van der Waals surface area contributed by atoms with Crippen LogP contribution in [0.5, 0.6) is 0 Å². The SMILES string of the molecule is O=C(c1cccc(F)c1F)N1CCN(Cc2ccccc2[N+](=O)[O-])CC1. The molecule has 0 aromatic heterocycles. The molecule has 1 aliphatic heterocycles. The fourth-order valence-electron chi connectivity index (χ4n) is 3.01. The zero-order valence-electron chi connectivity index (χ0n) is 13.9. The number of nitro benzene ring substituents is 1. The Morgan fingerprint density at radius 1 is 1.04 bits per heavy atom. The number of carbonyl (C=O) groups is 1. The number of benzene rings is 2. The van der Waals surface area contributed by atoms with E-state index in [1.165, 1.54) is 23.1 Å². The van der Waals surface area contributed by atoms with Crippen LogP contribution in [0.25, 0.3) is 0 Å². The third-order valence-corrected chi connectivity index (χ3v) is 4.42. The molecule has 0 unspecified atom stereocenters. The Bertz CT molecular complexity index is 836. The summed E-state index contributed by atoms with van der Waals surface area (Å²) in [7, 11) is 0. The van der Waals surface area contributed by atoms with Crippen LogP contribution in [0.15, 0.2) is 42.5 Å². The molecule has 136 valence electrons. The zero-order valence-corrected chi connectivity index (χ0v) is 13.9. The van der Waals surface area contributed by atoms with Gasteiger partial charge < -0.3 is 4.90 Å². The van der Waals surface area contributed by atoms with Crippen LogP contribution in [0, 0.1) is 21.7 Å². The molecule has 1 amide bonds. The van der Waals surface area contributed by atoms with E-state index in [-0.39, 0.29) is 11.3 Å². The Morgan fingerprint density at radius 3 is 2.42 bits per heavy atom. The van der Waals surface area contributed by atoms with Gasteiger partial charge in [0.1, 0.15) is 0 Å². The zero-order chi connectivity index (χ0) is 18.7. The highest BCUT2D eigenvalue weighted by atomic mass is 19.2. The van der Waals surface area contributed by atoms with Crippen LogP contribution >= 0.6 is 0 Å². The average Bonchev–Trinajstić information content (AvgIpc) is 2.64. The number of halogens is 2. The van der Waals surface area contributed by atoms with Gasteiger partial charge in [-0.3, -0.25) is 19.8 Å². The number of rotatable bonds is 4. The van der Waals surface area contributed by atoms with Gasteiger partial charge in [0.25, 0.3) is 11.6 Å². The summed E-state index contributed by atoms with van der Waals surface area (Å²) in [6.07, 6.45) is 0. The van der Waals surface area contributed by atoms with Gasteiger partial charge in [-0.05, 0) is 12.1 Å². The number of amides is 1. The maximum Gasteiger partial charge on any atom is 0.273 e. The third-order valence-electron chi connectivity index (χ3n) is 4.42. The van der Waals surface area contributed by atoms with Crippen molar-refractivity contribution < 1.29 is 18.5 Å². The molecule has 8 heteroatoms. The first kappa shape index (κ1) is 17.9. The average molecular weight is 361 g/mol. The Balaban J connectivity index is 1.64. The standard InChI is InChI=1S/C18H17F2N3O3/c19-15-6-3-5-14(17(15)20)18(24)22-10-8-21(9-11-22)12-13-4-1-2-7-16(13)23(25)26/h1-7H,8-12H2.